The van der Waals surface area contributed by atoms with Crippen molar-refractivity contribution < 1.29 is 0 Å². The maximum Gasteiger partial charge on any atom is 0.0412 e. The predicted octanol–water partition coefficient (Wildman–Crippen LogP) is 3.81. The molecule has 3 rings (SSSR count). The average molecular weight is 323 g/mol. The Morgan fingerprint density at radius 2 is 2.21 bits per heavy atom. The Hall–Kier alpha value is -0.540. The third-order valence-corrected chi connectivity index (χ3v) is 5.26. The molecule has 1 aliphatic carbocycles. The Balaban J connectivity index is 1.86. The van der Waals surface area contributed by atoms with Crippen molar-refractivity contribution in [1.29, 1.82) is 0 Å². The molecular formula is C16H23BrN2. The molecule has 2 nitrogen and oxygen atoms in total. The lowest BCUT2D eigenvalue weighted by Gasteiger charge is -2.47. The van der Waals surface area contributed by atoms with E-state index < -0.39 is 0 Å². The zero-order valence-electron chi connectivity index (χ0n) is 11.8. The number of hydrogen-bond acceptors (Lipinski definition) is 2. The fraction of sp³-hybridized carbons (Fsp3) is 0.625. The molecule has 1 saturated carbocycles. The molecule has 0 spiro atoms. The van der Waals surface area contributed by atoms with E-state index in [1.165, 1.54) is 29.4 Å². The van der Waals surface area contributed by atoms with Crippen molar-refractivity contribution in [2.45, 2.75) is 44.7 Å². The summed E-state index contributed by atoms with van der Waals surface area (Å²) in [6.07, 6.45) is 3.99. The van der Waals surface area contributed by atoms with E-state index in [1.807, 2.05) is 0 Å². The Morgan fingerprint density at radius 1 is 1.42 bits per heavy atom. The average Bonchev–Trinajstić information content (AvgIpc) is 3.23. The van der Waals surface area contributed by atoms with Gasteiger partial charge >= 0.3 is 0 Å². The van der Waals surface area contributed by atoms with Crippen molar-refractivity contribution in [2.24, 2.45) is 5.92 Å². The molecule has 0 radical (unpaired) electrons. The van der Waals surface area contributed by atoms with Crippen LogP contribution in [0.5, 0.6) is 0 Å². The van der Waals surface area contributed by atoms with Crippen molar-refractivity contribution in [3.05, 3.63) is 28.7 Å². The molecule has 1 aromatic rings. The van der Waals surface area contributed by atoms with Gasteiger partial charge < -0.3 is 10.2 Å². The molecule has 1 saturated heterocycles. The van der Waals surface area contributed by atoms with Crippen LogP contribution in [0.3, 0.4) is 0 Å². The third-order valence-electron chi connectivity index (χ3n) is 4.77. The van der Waals surface area contributed by atoms with Gasteiger partial charge in [-0.2, -0.15) is 0 Å². The first-order chi connectivity index (χ1) is 9.12. The minimum atomic E-state index is 0.300. The van der Waals surface area contributed by atoms with Crippen molar-refractivity contribution in [1.82, 2.24) is 5.32 Å². The first kappa shape index (κ1) is 13.4. The zero-order chi connectivity index (χ0) is 13.5. The Kier molecular flexibility index (Phi) is 3.61. The molecule has 1 heterocycles. The fourth-order valence-electron chi connectivity index (χ4n) is 3.32. The Morgan fingerprint density at radius 3 is 2.84 bits per heavy atom. The lowest BCUT2D eigenvalue weighted by Crippen LogP contribution is -2.64. The summed E-state index contributed by atoms with van der Waals surface area (Å²) in [5, 5.41) is 3.82. The lowest BCUT2D eigenvalue weighted by atomic mass is 9.90. The smallest absolute Gasteiger partial charge is 0.0412 e. The molecule has 0 aromatic heterocycles. The maximum atomic E-state index is 3.82. The second-order valence-corrected chi connectivity index (χ2v) is 7.16. The van der Waals surface area contributed by atoms with E-state index in [4.69, 9.17) is 0 Å². The second-order valence-electron chi connectivity index (χ2n) is 6.24. The van der Waals surface area contributed by atoms with E-state index >= 15 is 0 Å². The van der Waals surface area contributed by atoms with Gasteiger partial charge in [0.1, 0.15) is 0 Å². The number of benzene rings is 1. The number of nitrogens with one attached hydrogen (secondary N) is 1. The minimum absolute atomic E-state index is 0.300. The van der Waals surface area contributed by atoms with E-state index in [1.54, 1.807) is 0 Å². The Bertz CT molecular complexity index is 458. The van der Waals surface area contributed by atoms with E-state index in [2.05, 4.69) is 64.3 Å². The number of nitrogens with zero attached hydrogens (tertiary/aromatic N) is 1. The summed E-state index contributed by atoms with van der Waals surface area (Å²) < 4.78 is 1.17. The highest BCUT2D eigenvalue weighted by atomic mass is 79.9. The molecule has 2 fully saturated rings. The van der Waals surface area contributed by atoms with Crippen LogP contribution in [0.4, 0.5) is 5.69 Å². The van der Waals surface area contributed by atoms with Crippen LogP contribution in [0, 0.1) is 5.92 Å². The minimum Gasteiger partial charge on any atom is -0.365 e. The summed E-state index contributed by atoms with van der Waals surface area (Å²) in [6, 6.07) is 9.35. The van der Waals surface area contributed by atoms with Crippen LogP contribution in [-0.4, -0.2) is 24.7 Å². The largest absolute Gasteiger partial charge is 0.365 e. The summed E-state index contributed by atoms with van der Waals surface area (Å²) in [4.78, 5) is 2.61. The summed E-state index contributed by atoms with van der Waals surface area (Å²) in [5.74, 6) is 0.875. The number of anilines is 1. The number of hydrogen-bond donors (Lipinski definition) is 1. The Labute approximate surface area is 124 Å². The van der Waals surface area contributed by atoms with Crippen LogP contribution >= 0.6 is 15.9 Å². The van der Waals surface area contributed by atoms with Gasteiger partial charge in [0.2, 0.25) is 0 Å². The van der Waals surface area contributed by atoms with Crippen LogP contribution in [0.2, 0.25) is 0 Å². The molecule has 1 N–H and O–H groups in total. The highest BCUT2D eigenvalue weighted by molar-refractivity contribution is 9.10. The summed E-state index contributed by atoms with van der Waals surface area (Å²) in [6.45, 7) is 6.93. The van der Waals surface area contributed by atoms with Gasteiger partial charge in [-0.1, -0.05) is 28.9 Å². The molecule has 0 amide bonds. The molecule has 1 aromatic carbocycles. The molecule has 19 heavy (non-hydrogen) atoms. The molecular weight excluding hydrogens is 300 g/mol. The van der Waals surface area contributed by atoms with Gasteiger partial charge in [-0.05, 0) is 50.3 Å². The molecule has 0 bridgehead atoms. The van der Waals surface area contributed by atoms with E-state index in [-0.39, 0.29) is 0 Å². The fourth-order valence-corrected chi connectivity index (χ4v) is 3.70. The van der Waals surface area contributed by atoms with E-state index in [9.17, 15) is 0 Å². The van der Waals surface area contributed by atoms with E-state index in [0.29, 0.717) is 11.6 Å². The van der Waals surface area contributed by atoms with Crippen molar-refractivity contribution in [3.63, 3.8) is 0 Å². The second kappa shape index (κ2) is 5.10. The summed E-state index contributed by atoms with van der Waals surface area (Å²) in [7, 11) is 0. The van der Waals surface area contributed by atoms with Gasteiger partial charge in [0.25, 0.3) is 0 Å². The van der Waals surface area contributed by atoms with Gasteiger partial charge in [0.05, 0.1) is 0 Å². The van der Waals surface area contributed by atoms with Crippen molar-refractivity contribution >= 4 is 21.6 Å². The maximum absolute atomic E-state index is 3.82. The lowest BCUT2D eigenvalue weighted by molar-refractivity contribution is 0.252. The van der Waals surface area contributed by atoms with Crippen LogP contribution in [0.15, 0.2) is 28.7 Å². The molecule has 2 unspecified atom stereocenters. The highest BCUT2D eigenvalue weighted by Crippen LogP contribution is 2.42. The van der Waals surface area contributed by atoms with Crippen LogP contribution in [-0.2, 0) is 0 Å². The predicted molar refractivity (Wildman–Crippen MR) is 84.7 cm³/mol. The summed E-state index contributed by atoms with van der Waals surface area (Å²) in [5.41, 5.74) is 1.66. The van der Waals surface area contributed by atoms with Gasteiger partial charge in [-0.3, -0.25) is 0 Å². The first-order valence-corrected chi connectivity index (χ1v) is 8.19. The van der Waals surface area contributed by atoms with Gasteiger partial charge in [-0.25, -0.2) is 0 Å². The van der Waals surface area contributed by atoms with Crippen LogP contribution < -0.4 is 10.2 Å². The molecule has 2 atom stereocenters. The SMILES string of the molecule is CCC1CNC(C)(C2CC2)CN1c1cccc(Br)c1. The van der Waals surface area contributed by atoms with Crippen LogP contribution in [0.25, 0.3) is 0 Å². The molecule has 1 aliphatic heterocycles. The normalized spacial score (nSPS) is 31.5. The first-order valence-electron chi connectivity index (χ1n) is 7.39. The topological polar surface area (TPSA) is 15.3 Å². The standard InChI is InChI=1S/C16H23BrN2/c1-3-14-10-18-16(2,12-7-8-12)11-19(14)15-6-4-5-13(17)9-15/h4-6,9,12,14,18H,3,7-8,10-11H2,1-2H3. The molecule has 2 aliphatic rings. The summed E-state index contributed by atoms with van der Waals surface area (Å²) >= 11 is 3.60. The van der Waals surface area contributed by atoms with Gasteiger partial charge in [0, 0.05) is 34.8 Å². The van der Waals surface area contributed by atoms with Gasteiger partial charge in [0.15, 0.2) is 0 Å². The number of halogens is 1. The van der Waals surface area contributed by atoms with Crippen molar-refractivity contribution in [2.75, 3.05) is 18.0 Å². The quantitative estimate of drug-likeness (QED) is 0.910. The number of rotatable bonds is 3. The highest BCUT2D eigenvalue weighted by Gasteiger charge is 2.45. The number of piperazine rings is 1. The van der Waals surface area contributed by atoms with Crippen LogP contribution in [0.1, 0.15) is 33.1 Å². The monoisotopic (exact) mass is 322 g/mol. The molecule has 104 valence electrons. The zero-order valence-corrected chi connectivity index (χ0v) is 13.4. The van der Waals surface area contributed by atoms with Gasteiger partial charge in [-0.15, -0.1) is 0 Å². The van der Waals surface area contributed by atoms with Crippen molar-refractivity contribution in [3.8, 4) is 0 Å². The molecule has 3 heteroatoms. The van der Waals surface area contributed by atoms with E-state index in [0.717, 1.165) is 19.0 Å². The third kappa shape index (κ3) is 2.68.